The highest BCUT2D eigenvalue weighted by Crippen LogP contribution is 2.24. The first-order valence-electron chi connectivity index (χ1n) is 6.08. The fourth-order valence-electron chi connectivity index (χ4n) is 1.95. The molecule has 0 aliphatic heterocycles. The van der Waals surface area contributed by atoms with Crippen LogP contribution in [0.2, 0.25) is 0 Å². The molecule has 0 saturated heterocycles. The fourth-order valence-corrected chi connectivity index (χ4v) is 2.36. The Kier molecular flexibility index (Phi) is 4.44. The number of amides is 1. The summed E-state index contributed by atoms with van der Waals surface area (Å²) < 4.78 is 7.88. The zero-order chi connectivity index (χ0) is 14.7. The summed E-state index contributed by atoms with van der Waals surface area (Å²) in [4.78, 5) is 13.9. The van der Waals surface area contributed by atoms with E-state index in [1.54, 1.807) is 43.2 Å². The van der Waals surface area contributed by atoms with Gasteiger partial charge in [-0.05, 0) is 18.2 Å². The van der Waals surface area contributed by atoms with Gasteiger partial charge >= 0.3 is 0 Å². The van der Waals surface area contributed by atoms with Crippen LogP contribution < -0.4 is 4.74 Å². The van der Waals surface area contributed by atoms with E-state index in [1.807, 2.05) is 18.2 Å². The van der Waals surface area contributed by atoms with Crippen molar-refractivity contribution in [2.24, 2.45) is 7.05 Å². The molecule has 1 aromatic carbocycles. The quantitative estimate of drug-likeness (QED) is 0.860. The van der Waals surface area contributed by atoms with Crippen molar-refractivity contribution in [2.45, 2.75) is 6.54 Å². The Morgan fingerprint density at radius 3 is 2.85 bits per heavy atom. The molecule has 0 unspecified atom stereocenters. The second-order valence-electron chi connectivity index (χ2n) is 4.52. The van der Waals surface area contributed by atoms with Crippen molar-refractivity contribution in [1.29, 1.82) is 0 Å². The van der Waals surface area contributed by atoms with Crippen molar-refractivity contribution in [3.8, 4) is 5.75 Å². The maximum atomic E-state index is 12.3. The Labute approximate surface area is 126 Å². The van der Waals surface area contributed by atoms with Gasteiger partial charge in [-0.25, -0.2) is 0 Å². The molecule has 0 bridgehead atoms. The van der Waals surface area contributed by atoms with E-state index in [1.165, 1.54) is 0 Å². The number of rotatable bonds is 4. The molecule has 0 N–H and O–H groups in total. The molecule has 1 aromatic heterocycles. The molecule has 2 rings (SSSR count). The fraction of sp³-hybridized carbons (Fsp3) is 0.286. The maximum absolute atomic E-state index is 12.3. The topological polar surface area (TPSA) is 47.4 Å². The molecular weight excluding hydrogens is 322 g/mol. The largest absolute Gasteiger partial charge is 0.496 e. The molecule has 0 fully saturated rings. The predicted octanol–water partition coefficient (Wildman–Crippen LogP) is 2.46. The van der Waals surface area contributed by atoms with E-state index in [9.17, 15) is 4.79 Å². The van der Waals surface area contributed by atoms with E-state index in [4.69, 9.17) is 4.74 Å². The summed E-state index contributed by atoms with van der Waals surface area (Å²) in [6.07, 6.45) is 3.27. The summed E-state index contributed by atoms with van der Waals surface area (Å²) in [5, 5.41) is 4.01. The van der Waals surface area contributed by atoms with Crippen LogP contribution >= 0.6 is 15.9 Å². The molecule has 0 spiro atoms. The first-order chi connectivity index (χ1) is 9.51. The predicted molar refractivity (Wildman–Crippen MR) is 79.7 cm³/mol. The molecule has 1 heterocycles. The minimum absolute atomic E-state index is 0.0693. The molecule has 2 aromatic rings. The summed E-state index contributed by atoms with van der Waals surface area (Å²) in [5.74, 6) is 0.694. The van der Waals surface area contributed by atoms with Gasteiger partial charge in [0.25, 0.3) is 5.91 Å². The molecule has 106 valence electrons. The third-order valence-corrected chi connectivity index (χ3v) is 3.44. The van der Waals surface area contributed by atoms with Gasteiger partial charge < -0.3 is 9.64 Å². The van der Waals surface area contributed by atoms with Gasteiger partial charge in [-0.1, -0.05) is 15.9 Å². The number of nitrogens with zero attached hydrogens (tertiary/aromatic N) is 3. The average molecular weight is 338 g/mol. The number of hydrogen-bond acceptors (Lipinski definition) is 3. The first-order valence-corrected chi connectivity index (χ1v) is 6.87. The lowest BCUT2D eigenvalue weighted by atomic mass is 10.2. The van der Waals surface area contributed by atoms with Crippen molar-refractivity contribution in [2.75, 3.05) is 14.2 Å². The number of aromatic nitrogens is 2. The van der Waals surface area contributed by atoms with E-state index in [0.29, 0.717) is 12.1 Å². The normalized spacial score (nSPS) is 10.4. The van der Waals surface area contributed by atoms with E-state index in [2.05, 4.69) is 21.0 Å². The molecule has 1 amide bonds. The highest BCUT2D eigenvalue weighted by Gasteiger charge is 2.15. The monoisotopic (exact) mass is 337 g/mol. The average Bonchev–Trinajstić information content (AvgIpc) is 2.84. The summed E-state index contributed by atoms with van der Waals surface area (Å²) in [5.41, 5.74) is 1.52. The van der Waals surface area contributed by atoms with Crippen LogP contribution in [0.3, 0.4) is 0 Å². The van der Waals surface area contributed by atoms with Gasteiger partial charge in [-0.2, -0.15) is 5.10 Å². The van der Waals surface area contributed by atoms with Crippen LogP contribution in [0, 0.1) is 0 Å². The van der Waals surface area contributed by atoms with Gasteiger partial charge in [0.05, 0.1) is 18.9 Å². The molecule has 6 heteroatoms. The third-order valence-electron chi connectivity index (χ3n) is 2.95. The van der Waals surface area contributed by atoms with E-state index in [-0.39, 0.29) is 5.91 Å². The highest BCUT2D eigenvalue weighted by molar-refractivity contribution is 9.10. The van der Waals surface area contributed by atoms with Crippen LogP contribution in [-0.2, 0) is 13.6 Å². The van der Waals surface area contributed by atoms with E-state index < -0.39 is 0 Å². The molecular formula is C14H16BrN3O2. The summed E-state index contributed by atoms with van der Waals surface area (Å²) in [6.45, 7) is 0.469. The van der Waals surface area contributed by atoms with E-state index >= 15 is 0 Å². The standard InChI is InChI=1S/C14H16BrN3O2/c1-17(14(19)11-7-16-18(2)9-11)8-10-6-12(15)4-5-13(10)20-3/h4-7,9H,8H2,1-3H3. The molecule has 0 radical (unpaired) electrons. The summed E-state index contributed by atoms with van der Waals surface area (Å²) in [7, 11) is 5.17. The summed E-state index contributed by atoms with van der Waals surface area (Å²) in [6, 6.07) is 5.74. The highest BCUT2D eigenvalue weighted by atomic mass is 79.9. The van der Waals surface area contributed by atoms with Crippen molar-refractivity contribution < 1.29 is 9.53 Å². The van der Waals surface area contributed by atoms with Crippen LogP contribution in [0.25, 0.3) is 0 Å². The SMILES string of the molecule is COc1ccc(Br)cc1CN(C)C(=O)c1cnn(C)c1. The van der Waals surface area contributed by atoms with Gasteiger partial charge in [-0.15, -0.1) is 0 Å². The Morgan fingerprint density at radius 1 is 1.50 bits per heavy atom. The van der Waals surface area contributed by atoms with Crippen LogP contribution in [0.1, 0.15) is 15.9 Å². The number of methoxy groups -OCH3 is 1. The van der Waals surface area contributed by atoms with Crippen molar-refractivity contribution in [1.82, 2.24) is 14.7 Å². The molecule has 0 aliphatic rings. The Hall–Kier alpha value is -1.82. The van der Waals surface area contributed by atoms with Crippen LogP contribution in [0.5, 0.6) is 5.75 Å². The first kappa shape index (κ1) is 14.6. The number of carbonyl (C=O) groups is 1. The van der Waals surface area contributed by atoms with Crippen molar-refractivity contribution >= 4 is 21.8 Å². The lowest BCUT2D eigenvalue weighted by molar-refractivity contribution is 0.0784. The minimum Gasteiger partial charge on any atom is -0.496 e. The Morgan fingerprint density at radius 2 is 2.25 bits per heavy atom. The molecule has 5 nitrogen and oxygen atoms in total. The van der Waals surface area contributed by atoms with E-state index in [0.717, 1.165) is 15.8 Å². The number of benzene rings is 1. The molecule has 0 aliphatic carbocycles. The van der Waals surface area contributed by atoms with Gasteiger partial charge in [0.1, 0.15) is 5.75 Å². The second kappa shape index (κ2) is 6.09. The smallest absolute Gasteiger partial charge is 0.257 e. The zero-order valence-electron chi connectivity index (χ0n) is 11.6. The van der Waals surface area contributed by atoms with Gasteiger partial charge in [0.2, 0.25) is 0 Å². The lowest BCUT2D eigenvalue weighted by Gasteiger charge is -2.18. The zero-order valence-corrected chi connectivity index (χ0v) is 13.2. The van der Waals surface area contributed by atoms with Crippen molar-refractivity contribution in [3.63, 3.8) is 0 Å². The number of carbonyl (C=O) groups excluding carboxylic acids is 1. The van der Waals surface area contributed by atoms with Gasteiger partial charge in [0.15, 0.2) is 0 Å². The molecule has 0 saturated carbocycles. The third kappa shape index (κ3) is 3.19. The molecule has 0 atom stereocenters. The number of hydrogen-bond donors (Lipinski definition) is 0. The second-order valence-corrected chi connectivity index (χ2v) is 5.44. The number of aryl methyl sites for hydroxylation is 1. The minimum atomic E-state index is -0.0693. The summed E-state index contributed by atoms with van der Waals surface area (Å²) >= 11 is 3.43. The number of halogens is 1. The van der Waals surface area contributed by atoms with Crippen LogP contribution in [0.15, 0.2) is 35.1 Å². The van der Waals surface area contributed by atoms with Crippen molar-refractivity contribution in [3.05, 3.63) is 46.2 Å². The lowest BCUT2D eigenvalue weighted by Crippen LogP contribution is -2.26. The van der Waals surface area contributed by atoms with Crippen LogP contribution in [0.4, 0.5) is 0 Å². The van der Waals surface area contributed by atoms with Crippen LogP contribution in [-0.4, -0.2) is 34.7 Å². The van der Waals surface area contributed by atoms with Gasteiger partial charge in [-0.3, -0.25) is 9.48 Å². The molecule has 20 heavy (non-hydrogen) atoms. The van der Waals surface area contributed by atoms with Gasteiger partial charge in [0, 0.05) is 36.9 Å². The number of ether oxygens (including phenoxy) is 1. The Balaban J connectivity index is 2.17. The maximum Gasteiger partial charge on any atom is 0.257 e. The Bertz CT molecular complexity index is 625.